The monoisotopic (exact) mass is 484 g/mol. The largest absolute Gasteiger partial charge is 0.507 e. The first-order valence-corrected chi connectivity index (χ1v) is 13.7. The van der Waals surface area contributed by atoms with E-state index < -0.39 is 10.0 Å². The second-order valence-corrected chi connectivity index (χ2v) is 13.3. The van der Waals surface area contributed by atoms with Crippen LogP contribution in [0.1, 0.15) is 89.5 Å². The van der Waals surface area contributed by atoms with Crippen molar-refractivity contribution in [2.45, 2.75) is 102 Å². The molecule has 1 saturated carbocycles. The Balaban J connectivity index is 1.91. The first-order chi connectivity index (χ1) is 15.7. The quantitative estimate of drug-likeness (QED) is 0.511. The highest BCUT2D eigenvalue weighted by Crippen LogP contribution is 2.37. The van der Waals surface area contributed by atoms with Gasteiger partial charge in [0.1, 0.15) is 5.75 Å². The minimum atomic E-state index is -3.63. The lowest BCUT2D eigenvalue weighted by atomic mass is 9.79. The molecule has 6 heteroatoms. The number of rotatable bonds is 5. The predicted molar refractivity (Wildman–Crippen MR) is 141 cm³/mol. The molecule has 0 spiro atoms. The second kappa shape index (κ2) is 9.82. The number of aliphatic imine (C=N–C) groups is 1. The number of aryl methyl sites for hydroxylation is 1. The molecule has 2 aromatic rings. The average molecular weight is 485 g/mol. The van der Waals surface area contributed by atoms with E-state index in [4.69, 9.17) is 4.99 Å². The van der Waals surface area contributed by atoms with Crippen molar-refractivity contribution >= 4 is 16.2 Å². The first kappa shape index (κ1) is 26.4. The highest BCUT2D eigenvalue weighted by Gasteiger charge is 2.30. The van der Waals surface area contributed by atoms with Gasteiger partial charge in [-0.05, 0) is 54.4 Å². The Hall–Kier alpha value is -2.18. The number of phenolic OH excluding ortho intramolecular Hbond substituents is 1. The van der Waals surface area contributed by atoms with Crippen molar-refractivity contribution in [1.82, 2.24) is 4.72 Å². The van der Waals surface area contributed by atoms with Gasteiger partial charge in [-0.1, -0.05) is 78.1 Å². The van der Waals surface area contributed by atoms with Gasteiger partial charge in [0, 0.05) is 23.4 Å². The molecule has 5 nitrogen and oxygen atoms in total. The fourth-order valence-electron chi connectivity index (χ4n) is 4.35. The molecule has 0 aromatic heterocycles. The van der Waals surface area contributed by atoms with Crippen LogP contribution in [0.2, 0.25) is 0 Å². The van der Waals surface area contributed by atoms with Crippen molar-refractivity contribution in [1.29, 1.82) is 0 Å². The van der Waals surface area contributed by atoms with E-state index in [1.54, 1.807) is 18.3 Å². The van der Waals surface area contributed by atoms with Gasteiger partial charge in [-0.3, -0.25) is 4.99 Å². The van der Waals surface area contributed by atoms with Gasteiger partial charge in [-0.25, -0.2) is 13.1 Å². The number of nitrogens with zero attached hydrogens (tertiary/aromatic N) is 1. The molecule has 0 heterocycles. The predicted octanol–water partition coefficient (Wildman–Crippen LogP) is 6.00. The minimum Gasteiger partial charge on any atom is -0.507 e. The fraction of sp³-hybridized carbons (Fsp3) is 0.536. The van der Waals surface area contributed by atoms with Crippen LogP contribution < -0.4 is 4.72 Å². The van der Waals surface area contributed by atoms with Crippen LogP contribution in [0.3, 0.4) is 0 Å². The highest BCUT2D eigenvalue weighted by atomic mass is 32.2. The Morgan fingerprint density at radius 3 is 2.18 bits per heavy atom. The molecule has 34 heavy (non-hydrogen) atoms. The van der Waals surface area contributed by atoms with Crippen molar-refractivity contribution < 1.29 is 13.5 Å². The lowest BCUT2D eigenvalue weighted by Crippen LogP contribution is -2.44. The molecule has 2 N–H and O–H groups in total. The standard InChI is InChI=1S/C28H40N2O3S/c1-19-12-14-22(15-13-19)34(32,33)30-25-11-9-8-10-24(25)29-18-20-16-21(27(2,3)4)17-23(26(20)31)28(5,6)7/h12-18,24-25,30-31H,8-11H2,1-7H3/t24-,25-/m0/s1. The highest BCUT2D eigenvalue weighted by molar-refractivity contribution is 7.89. The summed E-state index contributed by atoms with van der Waals surface area (Å²) >= 11 is 0. The van der Waals surface area contributed by atoms with Gasteiger partial charge in [0.15, 0.2) is 0 Å². The number of benzene rings is 2. The Morgan fingerprint density at radius 2 is 1.59 bits per heavy atom. The molecular weight excluding hydrogens is 444 g/mol. The molecule has 0 radical (unpaired) electrons. The Bertz CT molecular complexity index is 1140. The summed E-state index contributed by atoms with van der Waals surface area (Å²) in [7, 11) is -3.63. The molecule has 0 bridgehead atoms. The number of sulfonamides is 1. The summed E-state index contributed by atoms with van der Waals surface area (Å²) in [6.07, 6.45) is 5.26. The van der Waals surface area contributed by atoms with Gasteiger partial charge in [0.2, 0.25) is 10.0 Å². The van der Waals surface area contributed by atoms with Crippen LogP contribution in [0, 0.1) is 6.92 Å². The molecule has 1 aliphatic rings. The van der Waals surface area contributed by atoms with E-state index in [1.807, 2.05) is 25.1 Å². The summed E-state index contributed by atoms with van der Waals surface area (Å²) in [5.74, 6) is 0.247. The number of hydrogen-bond acceptors (Lipinski definition) is 4. The van der Waals surface area contributed by atoms with Crippen LogP contribution in [0.4, 0.5) is 0 Å². The van der Waals surface area contributed by atoms with Crippen LogP contribution in [-0.4, -0.2) is 31.8 Å². The van der Waals surface area contributed by atoms with Gasteiger partial charge < -0.3 is 5.11 Å². The molecule has 186 valence electrons. The SMILES string of the molecule is Cc1ccc(S(=O)(=O)N[C@H]2CCCC[C@@H]2N=Cc2cc(C(C)(C)C)cc(C(C)(C)C)c2O)cc1. The molecule has 0 unspecified atom stereocenters. The van der Waals surface area contributed by atoms with E-state index >= 15 is 0 Å². The summed E-state index contributed by atoms with van der Waals surface area (Å²) in [5.41, 5.74) is 3.44. The summed E-state index contributed by atoms with van der Waals surface area (Å²) < 4.78 is 28.9. The minimum absolute atomic E-state index is 0.0761. The van der Waals surface area contributed by atoms with E-state index in [2.05, 4.69) is 52.3 Å². The van der Waals surface area contributed by atoms with Crippen molar-refractivity contribution in [3.05, 3.63) is 58.7 Å². The van der Waals surface area contributed by atoms with Gasteiger partial charge >= 0.3 is 0 Å². The van der Waals surface area contributed by atoms with Crippen LogP contribution in [0.25, 0.3) is 0 Å². The van der Waals surface area contributed by atoms with E-state index in [0.29, 0.717) is 5.56 Å². The lowest BCUT2D eigenvalue weighted by molar-refractivity contribution is 0.363. The maximum Gasteiger partial charge on any atom is 0.240 e. The van der Waals surface area contributed by atoms with Crippen molar-refractivity contribution in [2.75, 3.05) is 0 Å². The van der Waals surface area contributed by atoms with Crippen LogP contribution >= 0.6 is 0 Å². The van der Waals surface area contributed by atoms with Gasteiger partial charge in [-0.2, -0.15) is 0 Å². The van der Waals surface area contributed by atoms with E-state index in [0.717, 1.165) is 42.4 Å². The fourth-order valence-corrected chi connectivity index (χ4v) is 5.65. The molecule has 0 saturated heterocycles. The maximum absolute atomic E-state index is 13.0. The third-order valence-corrected chi connectivity index (χ3v) is 8.09. The normalized spacial score (nSPS) is 20.1. The molecule has 2 atom stereocenters. The molecule has 3 rings (SSSR count). The first-order valence-electron chi connectivity index (χ1n) is 12.2. The zero-order chi connectivity index (χ0) is 25.3. The topological polar surface area (TPSA) is 78.8 Å². The van der Waals surface area contributed by atoms with Crippen molar-refractivity contribution in [3.63, 3.8) is 0 Å². The summed E-state index contributed by atoms with van der Waals surface area (Å²) in [6, 6.07) is 10.5. The molecule has 0 amide bonds. The third kappa shape index (κ3) is 6.28. The van der Waals surface area contributed by atoms with Gasteiger partial charge in [-0.15, -0.1) is 0 Å². The zero-order valence-corrected chi connectivity index (χ0v) is 22.5. The molecule has 1 aliphatic carbocycles. The Morgan fingerprint density at radius 1 is 0.971 bits per heavy atom. The Kier molecular flexibility index (Phi) is 7.63. The van der Waals surface area contributed by atoms with Crippen molar-refractivity contribution in [2.24, 2.45) is 4.99 Å². The molecule has 2 aromatic carbocycles. The number of aromatic hydroxyl groups is 1. The average Bonchev–Trinajstić information content (AvgIpc) is 2.72. The van der Waals surface area contributed by atoms with Gasteiger partial charge in [0.05, 0.1) is 10.9 Å². The molecular formula is C28H40N2O3S. The van der Waals surface area contributed by atoms with Gasteiger partial charge in [0.25, 0.3) is 0 Å². The Labute approximate surface area is 205 Å². The molecule has 1 fully saturated rings. The number of phenols is 1. The summed E-state index contributed by atoms with van der Waals surface area (Å²) in [6.45, 7) is 14.7. The van der Waals surface area contributed by atoms with Crippen LogP contribution in [0.15, 0.2) is 46.3 Å². The van der Waals surface area contributed by atoms with Crippen LogP contribution in [-0.2, 0) is 20.9 Å². The second-order valence-electron chi connectivity index (χ2n) is 11.6. The lowest BCUT2D eigenvalue weighted by Gasteiger charge is -2.30. The summed E-state index contributed by atoms with van der Waals surface area (Å²) in [5, 5.41) is 11.1. The van der Waals surface area contributed by atoms with E-state index in [1.165, 1.54) is 0 Å². The smallest absolute Gasteiger partial charge is 0.240 e. The van der Waals surface area contributed by atoms with Crippen molar-refractivity contribution in [3.8, 4) is 5.75 Å². The van der Waals surface area contributed by atoms with E-state index in [9.17, 15) is 13.5 Å². The zero-order valence-electron chi connectivity index (χ0n) is 21.6. The third-order valence-electron chi connectivity index (χ3n) is 6.59. The molecule has 0 aliphatic heterocycles. The summed E-state index contributed by atoms with van der Waals surface area (Å²) in [4.78, 5) is 5.10. The number of nitrogens with one attached hydrogen (secondary N) is 1. The van der Waals surface area contributed by atoms with Crippen LogP contribution in [0.5, 0.6) is 5.75 Å². The maximum atomic E-state index is 13.0. The van der Waals surface area contributed by atoms with E-state index in [-0.39, 0.29) is 33.6 Å². The number of hydrogen-bond donors (Lipinski definition) is 2.